The summed E-state index contributed by atoms with van der Waals surface area (Å²) < 4.78 is 44.2. The molecule has 0 saturated heterocycles. The van der Waals surface area contributed by atoms with Gasteiger partial charge in [0.25, 0.3) is 10.0 Å². The average Bonchev–Trinajstić information content (AvgIpc) is 2.85. The van der Waals surface area contributed by atoms with Crippen LogP contribution >= 0.6 is 11.3 Å². The number of aromatic nitrogens is 1. The maximum atomic E-state index is 13.5. The summed E-state index contributed by atoms with van der Waals surface area (Å²) >= 11 is 1.01. The van der Waals surface area contributed by atoms with Crippen molar-refractivity contribution in [1.82, 2.24) is 4.98 Å². The lowest BCUT2D eigenvalue weighted by molar-refractivity contribution is 0.0607. The lowest BCUT2D eigenvalue weighted by Gasteiger charge is -2.07. The first-order valence-electron chi connectivity index (χ1n) is 5.25. The Hall–Kier alpha value is -2.00. The molecule has 0 radical (unpaired) electrons. The van der Waals surface area contributed by atoms with E-state index in [0.717, 1.165) is 23.6 Å². The number of halogens is 1. The zero-order chi connectivity index (χ0) is 14.8. The van der Waals surface area contributed by atoms with Gasteiger partial charge in [-0.05, 0) is 23.6 Å². The van der Waals surface area contributed by atoms with E-state index < -0.39 is 26.8 Å². The molecule has 0 aliphatic carbocycles. The van der Waals surface area contributed by atoms with Crippen molar-refractivity contribution in [3.8, 4) is 0 Å². The molecule has 0 saturated carbocycles. The molecule has 2 aromatic rings. The number of rotatable bonds is 4. The van der Waals surface area contributed by atoms with Crippen LogP contribution in [0.5, 0.6) is 0 Å². The van der Waals surface area contributed by atoms with Gasteiger partial charge in [0.2, 0.25) is 5.03 Å². The van der Waals surface area contributed by atoms with Crippen LogP contribution < -0.4 is 4.72 Å². The van der Waals surface area contributed by atoms with Gasteiger partial charge >= 0.3 is 5.97 Å². The summed E-state index contributed by atoms with van der Waals surface area (Å²) in [5.41, 5.74) is 0.0203. The minimum absolute atomic E-state index is 0.0203. The lowest BCUT2D eigenvalue weighted by atomic mass is 10.4. The summed E-state index contributed by atoms with van der Waals surface area (Å²) in [4.78, 5) is 15.0. The number of nitrogens with one attached hydrogen (secondary N) is 1. The fourth-order valence-electron chi connectivity index (χ4n) is 1.40. The van der Waals surface area contributed by atoms with Crippen molar-refractivity contribution in [2.24, 2.45) is 0 Å². The fourth-order valence-corrected chi connectivity index (χ4v) is 3.31. The normalized spacial score (nSPS) is 11.1. The predicted octanol–water partition coefficient (Wildman–Crippen LogP) is 1.87. The van der Waals surface area contributed by atoms with E-state index in [1.165, 1.54) is 24.6 Å². The third-order valence-corrected chi connectivity index (χ3v) is 4.45. The first-order chi connectivity index (χ1) is 9.45. The SMILES string of the molecule is COC(=O)c1sccc1NS(=O)(=O)c1ncccc1F. The molecule has 2 heterocycles. The minimum Gasteiger partial charge on any atom is -0.465 e. The van der Waals surface area contributed by atoms with E-state index in [1.54, 1.807) is 0 Å². The molecule has 0 amide bonds. The molecular formula is C11H9FN2O4S2. The van der Waals surface area contributed by atoms with Crippen molar-refractivity contribution in [2.45, 2.75) is 5.03 Å². The van der Waals surface area contributed by atoms with Crippen LogP contribution in [-0.2, 0) is 14.8 Å². The minimum atomic E-state index is -4.22. The molecule has 0 atom stereocenters. The van der Waals surface area contributed by atoms with Gasteiger partial charge in [0.05, 0.1) is 12.8 Å². The topological polar surface area (TPSA) is 85.4 Å². The fraction of sp³-hybridized carbons (Fsp3) is 0.0909. The van der Waals surface area contributed by atoms with Crippen LogP contribution in [-0.4, -0.2) is 26.5 Å². The predicted molar refractivity (Wildman–Crippen MR) is 70.7 cm³/mol. The number of nitrogens with zero attached hydrogens (tertiary/aromatic N) is 1. The standard InChI is InChI=1S/C11H9FN2O4S2/c1-18-11(15)9-8(4-6-19-9)14-20(16,17)10-7(12)3-2-5-13-10/h2-6,14H,1H3. The van der Waals surface area contributed by atoms with Crippen molar-refractivity contribution in [3.05, 3.63) is 40.5 Å². The van der Waals surface area contributed by atoms with Crippen LogP contribution in [0.4, 0.5) is 10.1 Å². The molecule has 0 aromatic carbocycles. The summed E-state index contributed by atoms with van der Waals surface area (Å²) in [6, 6.07) is 3.64. The molecule has 0 spiro atoms. The summed E-state index contributed by atoms with van der Waals surface area (Å²) in [7, 11) is -3.04. The van der Waals surface area contributed by atoms with Crippen LogP contribution in [0.1, 0.15) is 9.67 Å². The van der Waals surface area contributed by atoms with Crippen molar-refractivity contribution in [3.63, 3.8) is 0 Å². The molecule has 6 nitrogen and oxygen atoms in total. The van der Waals surface area contributed by atoms with Gasteiger partial charge in [-0.25, -0.2) is 14.2 Å². The second-order valence-corrected chi connectivity index (χ2v) is 6.06. The van der Waals surface area contributed by atoms with Crippen LogP contribution in [0.2, 0.25) is 0 Å². The van der Waals surface area contributed by atoms with Crippen LogP contribution in [0.25, 0.3) is 0 Å². The van der Waals surface area contributed by atoms with Gasteiger partial charge in [-0.3, -0.25) is 4.72 Å². The molecule has 0 aliphatic heterocycles. The van der Waals surface area contributed by atoms with E-state index in [0.29, 0.717) is 0 Å². The molecule has 0 fully saturated rings. The Balaban J connectivity index is 2.37. The smallest absolute Gasteiger partial charge is 0.350 e. The Morgan fingerprint density at radius 2 is 2.20 bits per heavy atom. The molecule has 1 N–H and O–H groups in total. The summed E-state index contributed by atoms with van der Waals surface area (Å²) in [5, 5.41) is 0.779. The molecule has 2 rings (SSSR count). The number of pyridine rings is 1. The van der Waals surface area contributed by atoms with E-state index in [1.807, 2.05) is 0 Å². The molecule has 0 bridgehead atoms. The van der Waals surface area contributed by atoms with Gasteiger partial charge in [-0.2, -0.15) is 8.42 Å². The van der Waals surface area contributed by atoms with Crippen molar-refractivity contribution in [1.29, 1.82) is 0 Å². The van der Waals surface area contributed by atoms with E-state index in [4.69, 9.17) is 0 Å². The first-order valence-corrected chi connectivity index (χ1v) is 7.61. The monoisotopic (exact) mass is 316 g/mol. The van der Waals surface area contributed by atoms with Gasteiger partial charge in [0.15, 0.2) is 5.82 Å². The van der Waals surface area contributed by atoms with Crippen molar-refractivity contribution < 1.29 is 22.3 Å². The summed E-state index contributed by atoms with van der Waals surface area (Å²) in [6.07, 6.45) is 1.16. The third kappa shape index (κ3) is 2.78. The molecule has 0 aliphatic rings. The number of methoxy groups -OCH3 is 1. The van der Waals surface area contributed by atoms with E-state index in [9.17, 15) is 17.6 Å². The summed E-state index contributed by atoms with van der Waals surface area (Å²) in [6.45, 7) is 0. The number of carbonyl (C=O) groups excluding carboxylic acids is 1. The van der Waals surface area contributed by atoms with E-state index in [2.05, 4.69) is 14.4 Å². The zero-order valence-corrected chi connectivity index (χ0v) is 11.8. The molecular weight excluding hydrogens is 307 g/mol. The second-order valence-electron chi connectivity index (χ2n) is 3.55. The van der Waals surface area contributed by atoms with Gasteiger partial charge in [0.1, 0.15) is 4.88 Å². The highest BCUT2D eigenvalue weighted by molar-refractivity contribution is 7.92. The maximum absolute atomic E-state index is 13.5. The van der Waals surface area contributed by atoms with Crippen LogP contribution in [0.3, 0.4) is 0 Å². The van der Waals surface area contributed by atoms with Gasteiger partial charge in [-0.15, -0.1) is 11.3 Å². The summed E-state index contributed by atoms with van der Waals surface area (Å²) in [5.74, 6) is -1.66. The van der Waals surface area contributed by atoms with Gasteiger partial charge < -0.3 is 4.74 Å². The molecule has 2 aromatic heterocycles. The molecule has 106 valence electrons. The van der Waals surface area contributed by atoms with Gasteiger partial charge in [0, 0.05) is 6.20 Å². The van der Waals surface area contributed by atoms with E-state index in [-0.39, 0.29) is 10.6 Å². The number of ether oxygens (including phenoxy) is 1. The zero-order valence-electron chi connectivity index (χ0n) is 10.2. The highest BCUT2D eigenvalue weighted by Gasteiger charge is 2.24. The van der Waals surface area contributed by atoms with Gasteiger partial charge in [-0.1, -0.05) is 0 Å². The second kappa shape index (κ2) is 5.55. The largest absolute Gasteiger partial charge is 0.465 e. The van der Waals surface area contributed by atoms with Crippen molar-refractivity contribution >= 4 is 33.0 Å². The Labute approximate surface area is 118 Å². The number of anilines is 1. The highest BCUT2D eigenvalue weighted by atomic mass is 32.2. The Morgan fingerprint density at radius 1 is 1.45 bits per heavy atom. The van der Waals surface area contributed by atoms with Crippen LogP contribution in [0, 0.1) is 5.82 Å². The number of carbonyl (C=O) groups is 1. The number of hydrogen-bond donors (Lipinski definition) is 1. The number of hydrogen-bond acceptors (Lipinski definition) is 6. The molecule has 20 heavy (non-hydrogen) atoms. The van der Waals surface area contributed by atoms with E-state index >= 15 is 0 Å². The van der Waals surface area contributed by atoms with Crippen LogP contribution in [0.15, 0.2) is 34.8 Å². The first kappa shape index (κ1) is 14.4. The number of esters is 1. The maximum Gasteiger partial charge on any atom is 0.350 e. The average molecular weight is 316 g/mol. The number of sulfonamides is 1. The lowest BCUT2D eigenvalue weighted by Crippen LogP contribution is -2.17. The Kier molecular flexibility index (Phi) is 4.00. The highest BCUT2D eigenvalue weighted by Crippen LogP contribution is 2.25. The Morgan fingerprint density at radius 3 is 2.85 bits per heavy atom. The number of thiophene rings is 1. The Bertz CT molecular complexity index is 742. The molecule has 9 heteroatoms. The quantitative estimate of drug-likeness (QED) is 0.870. The molecule has 0 unspecified atom stereocenters. The van der Waals surface area contributed by atoms with Crippen molar-refractivity contribution in [2.75, 3.05) is 11.8 Å². The third-order valence-electron chi connectivity index (χ3n) is 2.26.